The van der Waals surface area contributed by atoms with Crippen molar-refractivity contribution in [2.24, 2.45) is 0 Å². The molecule has 21 heteroatoms. The van der Waals surface area contributed by atoms with Crippen molar-refractivity contribution in [1.82, 2.24) is 29.5 Å². The lowest BCUT2D eigenvalue weighted by Crippen LogP contribution is -2.41. The van der Waals surface area contributed by atoms with Gasteiger partial charge in [-0.05, 0) is 59.6 Å². The molecular weight excluding hydrogens is 752 g/mol. The van der Waals surface area contributed by atoms with Gasteiger partial charge in [0.1, 0.15) is 24.6 Å². The number of nitrogens with one attached hydrogen (secondary N) is 3. The summed E-state index contributed by atoms with van der Waals surface area (Å²) in [6.07, 6.45) is -5.02. The number of ketones is 1. The predicted molar refractivity (Wildman–Crippen MR) is 194 cm³/mol. The van der Waals surface area contributed by atoms with Crippen LogP contribution in [0.15, 0.2) is 35.6 Å². The van der Waals surface area contributed by atoms with E-state index in [-0.39, 0.29) is 55.2 Å². The SMILES string of the molecule is C=C/C(=C\C)OCC(=O)Nc1nc2c(ncn2[C@@H]2O[C@H](CC)C(OP(OCCC#N)N(C(C)C)C(C)C)[C@@H]2OCC(=O)NCCCC(=O)C(F)(F)F)c(=O)[nH]1. The van der Waals surface area contributed by atoms with Gasteiger partial charge in [0.05, 0.1) is 31.5 Å². The fraction of sp³-hybridized carbons (Fsp3) is 0.618. The third-order valence-electron chi connectivity index (χ3n) is 8.01. The van der Waals surface area contributed by atoms with Crippen LogP contribution in [0.4, 0.5) is 19.1 Å². The molecule has 0 radical (unpaired) electrons. The average Bonchev–Trinajstić information content (AvgIpc) is 3.69. The van der Waals surface area contributed by atoms with E-state index in [1.807, 2.05) is 45.4 Å². The summed E-state index contributed by atoms with van der Waals surface area (Å²) < 4.78 is 72.0. The molecule has 3 heterocycles. The number of rotatable bonds is 22. The highest BCUT2D eigenvalue weighted by Gasteiger charge is 2.50. The summed E-state index contributed by atoms with van der Waals surface area (Å²) in [4.78, 5) is 61.0. The Morgan fingerprint density at radius 2 is 1.91 bits per heavy atom. The highest BCUT2D eigenvalue weighted by atomic mass is 31.2. The van der Waals surface area contributed by atoms with Crippen LogP contribution in [-0.2, 0) is 37.6 Å². The van der Waals surface area contributed by atoms with Gasteiger partial charge in [0.15, 0.2) is 24.0 Å². The maximum Gasteiger partial charge on any atom is 0.449 e. The number of aromatic amines is 1. The number of nitriles is 1. The summed E-state index contributed by atoms with van der Waals surface area (Å²) in [7, 11) is -1.85. The summed E-state index contributed by atoms with van der Waals surface area (Å²) in [5.74, 6) is -3.07. The van der Waals surface area contributed by atoms with Gasteiger partial charge in [0.2, 0.25) is 17.6 Å². The number of Topliss-reactive ketones (excluding diaryl/α,β-unsaturated/α-hetero) is 1. The zero-order valence-corrected chi connectivity index (χ0v) is 32.4. The number of imidazole rings is 1. The van der Waals surface area contributed by atoms with Crippen LogP contribution in [0.1, 0.15) is 73.5 Å². The number of aromatic nitrogens is 4. The first-order chi connectivity index (χ1) is 26.1. The molecule has 3 N–H and O–H groups in total. The van der Waals surface area contributed by atoms with E-state index in [2.05, 4.69) is 32.2 Å². The number of allylic oxidation sites excluding steroid dienone is 2. The highest BCUT2D eigenvalue weighted by molar-refractivity contribution is 7.44. The van der Waals surface area contributed by atoms with Crippen LogP contribution in [-0.4, -0.2) is 105 Å². The van der Waals surface area contributed by atoms with Gasteiger partial charge in [-0.25, -0.2) is 9.65 Å². The average molecular weight is 801 g/mol. The second-order valence-corrected chi connectivity index (χ2v) is 14.1. The number of nitrogens with zero attached hydrogens (tertiary/aromatic N) is 5. The number of hydrogen-bond acceptors (Lipinski definition) is 13. The Morgan fingerprint density at radius 3 is 2.51 bits per heavy atom. The first-order valence-corrected chi connectivity index (χ1v) is 18.8. The minimum absolute atomic E-state index is 0.00777. The van der Waals surface area contributed by atoms with Gasteiger partial charge in [-0.15, -0.1) is 0 Å². The summed E-state index contributed by atoms with van der Waals surface area (Å²) in [6.45, 7) is 13.8. The number of halogens is 3. The molecule has 2 unspecified atom stereocenters. The molecule has 1 saturated heterocycles. The Balaban J connectivity index is 1.98. The minimum atomic E-state index is -4.96. The van der Waals surface area contributed by atoms with E-state index in [9.17, 15) is 37.6 Å². The van der Waals surface area contributed by atoms with Gasteiger partial charge >= 0.3 is 6.18 Å². The number of anilines is 1. The molecule has 5 atom stereocenters. The summed E-state index contributed by atoms with van der Waals surface area (Å²) >= 11 is 0. The van der Waals surface area contributed by atoms with Crippen molar-refractivity contribution in [2.45, 2.75) is 110 Å². The van der Waals surface area contributed by atoms with Gasteiger partial charge < -0.3 is 28.6 Å². The third-order valence-corrected chi connectivity index (χ3v) is 10.1. The quantitative estimate of drug-likeness (QED) is 0.0647. The smallest absolute Gasteiger partial charge is 0.449 e. The maximum atomic E-state index is 13.1. The molecule has 3 rings (SSSR count). The summed E-state index contributed by atoms with van der Waals surface area (Å²) in [5, 5.41) is 14.1. The van der Waals surface area contributed by atoms with E-state index < -0.39 is 82.0 Å². The van der Waals surface area contributed by atoms with E-state index in [0.29, 0.717) is 12.2 Å². The van der Waals surface area contributed by atoms with E-state index in [4.69, 9.17) is 23.3 Å². The molecule has 0 bridgehead atoms. The molecule has 2 aromatic heterocycles. The molecule has 2 aromatic rings. The zero-order valence-electron chi connectivity index (χ0n) is 31.6. The molecule has 304 valence electrons. The van der Waals surface area contributed by atoms with Crippen molar-refractivity contribution >= 4 is 43.2 Å². The molecule has 2 amide bonds. The zero-order chi connectivity index (χ0) is 40.9. The number of H-pyrrole nitrogens is 1. The number of amides is 2. The molecule has 0 spiro atoms. The maximum absolute atomic E-state index is 13.1. The van der Waals surface area contributed by atoms with Crippen LogP contribution in [0, 0.1) is 11.3 Å². The van der Waals surface area contributed by atoms with Crippen LogP contribution >= 0.6 is 8.53 Å². The molecular formula is C34H48F3N8O9P. The van der Waals surface area contributed by atoms with Crippen LogP contribution in [0.3, 0.4) is 0 Å². The monoisotopic (exact) mass is 800 g/mol. The van der Waals surface area contributed by atoms with Crippen LogP contribution in [0.25, 0.3) is 11.2 Å². The molecule has 0 aromatic carbocycles. The van der Waals surface area contributed by atoms with Crippen molar-refractivity contribution in [3.63, 3.8) is 0 Å². The molecule has 55 heavy (non-hydrogen) atoms. The Kier molecular flexibility index (Phi) is 17.4. The fourth-order valence-corrected chi connectivity index (χ4v) is 7.32. The van der Waals surface area contributed by atoms with Crippen molar-refractivity contribution < 1.29 is 50.8 Å². The lowest BCUT2D eigenvalue weighted by atomic mass is 10.1. The largest absolute Gasteiger partial charge is 0.484 e. The van der Waals surface area contributed by atoms with Crippen molar-refractivity contribution in [3.05, 3.63) is 41.2 Å². The number of carbonyl (C=O) groups is 3. The highest BCUT2D eigenvalue weighted by Crippen LogP contribution is 2.51. The van der Waals surface area contributed by atoms with Crippen LogP contribution in [0.5, 0.6) is 0 Å². The minimum Gasteiger partial charge on any atom is -0.484 e. The van der Waals surface area contributed by atoms with Crippen LogP contribution < -0.4 is 16.2 Å². The topological polar surface area (TPSA) is 212 Å². The first kappa shape index (κ1) is 45.1. The van der Waals surface area contributed by atoms with Crippen molar-refractivity contribution in [1.29, 1.82) is 5.26 Å². The van der Waals surface area contributed by atoms with Gasteiger partial charge in [-0.1, -0.05) is 13.5 Å². The summed E-state index contributed by atoms with van der Waals surface area (Å²) in [5.41, 5.74) is -0.791. The number of carbonyl (C=O) groups excluding carboxylic acids is 3. The van der Waals surface area contributed by atoms with Crippen molar-refractivity contribution in [2.75, 3.05) is 31.7 Å². The van der Waals surface area contributed by atoms with Crippen molar-refractivity contribution in [3.8, 4) is 6.07 Å². The Bertz CT molecular complexity index is 1750. The Labute approximate surface area is 317 Å². The number of hydrogen-bond donors (Lipinski definition) is 3. The van der Waals surface area contributed by atoms with Gasteiger partial charge in [-0.2, -0.15) is 23.4 Å². The van der Waals surface area contributed by atoms with E-state index in [1.54, 1.807) is 13.0 Å². The van der Waals surface area contributed by atoms with Gasteiger partial charge in [-0.3, -0.25) is 34.0 Å². The van der Waals surface area contributed by atoms with E-state index >= 15 is 0 Å². The number of fused-ring (bicyclic) bond motifs is 1. The first-order valence-electron chi connectivity index (χ1n) is 17.6. The molecule has 0 aliphatic carbocycles. The van der Waals surface area contributed by atoms with Gasteiger partial charge in [0.25, 0.3) is 20.0 Å². The molecule has 1 aliphatic rings. The summed E-state index contributed by atoms with van der Waals surface area (Å²) in [6, 6.07) is 1.93. The standard InChI is InChI=1S/C34H48F3N8O9P/c1-8-22(9-2)50-18-26(48)41-33-42-30-27(31(49)43-33)40-19-44(30)32-29(51-17-25(47)39-15-11-13-24(46)34(35,36)37)28(23(10-3)53-32)54-55(52-16-12-14-38)45(20(4)5)21(6)7/h8-9,19-21,23,28-29,32H,1,10-13,15-18H2,2-7H3,(H,39,47)(H2,41,42,43,48,49)/b22-9+/t23-,28?,29+,32-,55?/m1/s1. The van der Waals surface area contributed by atoms with Crippen LogP contribution in [0.2, 0.25) is 0 Å². The Morgan fingerprint density at radius 1 is 1.20 bits per heavy atom. The van der Waals surface area contributed by atoms with Gasteiger partial charge in [0, 0.05) is 25.0 Å². The number of ether oxygens (including phenoxy) is 3. The van der Waals surface area contributed by atoms with E-state index in [1.165, 1.54) is 17.0 Å². The lowest BCUT2D eigenvalue weighted by molar-refractivity contribution is -0.171. The Hall–Kier alpha value is -4.25. The predicted octanol–water partition coefficient (Wildman–Crippen LogP) is 4.55. The molecule has 0 saturated carbocycles. The normalized spacial score (nSPS) is 19.5. The number of alkyl halides is 3. The second-order valence-electron chi connectivity index (χ2n) is 12.7. The third kappa shape index (κ3) is 12.6. The van der Waals surface area contributed by atoms with E-state index in [0.717, 1.165) is 0 Å². The molecule has 1 fully saturated rings. The lowest BCUT2D eigenvalue weighted by Gasteiger charge is -2.38. The fourth-order valence-electron chi connectivity index (χ4n) is 5.55. The molecule has 1 aliphatic heterocycles. The molecule has 17 nitrogen and oxygen atoms in total. The second kappa shape index (κ2) is 21.2.